The molecule has 0 spiro atoms. The summed E-state index contributed by atoms with van der Waals surface area (Å²) in [5.74, 6) is 1.58. The molecule has 5 heteroatoms. The first-order valence-corrected chi connectivity index (χ1v) is 6.69. The van der Waals surface area contributed by atoms with E-state index in [0.717, 1.165) is 25.3 Å². The van der Waals surface area contributed by atoms with Crippen molar-refractivity contribution in [1.29, 1.82) is 0 Å². The van der Waals surface area contributed by atoms with Gasteiger partial charge in [-0.15, -0.1) is 0 Å². The molecule has 1 aromatic rings. The van der Waals surface area contributed by atoms with Crippen molar-refractivity contribution in [2.75, 3.05) is 31.6 Å². The molecule has 1 fully saturated rings. The fourth-order valence-electron chi connectivity index (χ4n) is 2.16. The van der Waals surface area contributed by atoms with Crippen molar-refractivity contribution in [2.45, 2.75) is 32.2 Å². The maximum Gasteiger partial charge on any atom is 0.218 e. The molecule has 0 saturated carbocycles. The molecule has 5 nitrogen and oxygen atoms in total. The maximum absolute atomic E-state index is 5.52. The first-order valence-electron chi connectivity index (χ1n) is 6.69. The zero-order chi connectivity index (χ0) is 12.8. The van der Waals surface area contributed by atoms with Gasteiger partial charge in [0.1, 0.15) is 12.1 Å². The summed E-state index contributed by atoms with van der Waals surface area (Å²) in [6, 6.07) is 2.48. The molecule has 0 amide bonds. The molecule has 1 aliphatic rings. The number of nitrogens with one attached hydrogen (secondary N) is 1. The molecule has 18 heavy (non-hydrogen) atoms. The Morgan fingerprint density at radius 3 is 3.11 bits per heavy atom. The van der Waals surface area contributed by atoms with E-state index < -0.39 is 0 Å². The van der Waals surface area contributed by atoms with Crippen molar-refractivity contribution >= 4 is 5.82 Å². The van der Waals surface area contributed by atoms with Gasteiger partial charge in [-0.25, -0.2) is 9.97 Å². The Bertz CT molecular complexity index is 366. The minimum Gasteiger partial charge on any atom is -0.478 e. The molecule has 1 saturated heterocycles. The van der Waals surface area contributed by atoms with Crippen molar-refractivity contribution in [3.05, 3.63) is 12.4 Å². The summed E-state index contributed by atoms with van der Waals surface area (Å²) in [5.41, 5.74) is 0. The second-order valence-electron chi connectivity index (χ2n) is 4.74. The standard InChI is InChI=1S/C13H22N4O/c1-3-7-18-13-8-12(15-10-16-13)17(2)9-11-5-4-6-14-11/h8,10-11,14H,3-7,9H2,1-2H3. The molecule has 1 aromatic heterocycles. The summed E-state index contributed by atoms with van der Waals surface area (Å²) < 4.78 is 5.52. The van der Waals surface area contributed by atoms with Crippen molar-refractivity contribution in [1.82, 2.24) is 15.3 Å². The minimum atomic E-state index is 0.574. The van der Waals surface area contributed by atoms with Crippen molar-refractivity contribution in [2.24, 2.45) is 0 Å². The van der Waals surface area contributed by atoms with Gasteiger partial charge in [0.25, 0.3) is 0 Å². The monoisotopic (exact) mass is 250 g/mol. The van der Waals surface area contributed by atoms with E-state index in [1.807, 2.05) is 6.07 Å². The molecule has 0 radical (unpaired) electrons. The number of nitrogens with zero attached hydrogens (tertiary/aromatic N) is 3. The van der Waals surface area contributed by atoms with Gasteiger partial charge in [-0.2, -0.15) is 0 Å². The lowest BCUT2D eigenvalue weighted by Crippen LogP contribution is -2.35. The average Bonchev–Trinajstić information content (AvgIpc) is 2.89. The van der Waals surface area contributed by atoms with Crippen LogP contribution in [0.4, 0.5) is 5.82 Å². The summed E-state index contributed by atoms with van der Waals surface area (Å²) in [6.45, 7) is 4.89. The summed E-state index contributed by atoms with van der Waals surface area (Å²) in [6.07, 6.45) is 5.07. The number of aromatic nitrogens is 2. The minimum absolute atomic E-state index is 0.574. The zero-order valence-corrected chi connectivity index (χ0v) is 11.2. The average molecular weight is 250 g/mol. The van der Waals surface area contributed by atoms with E-state index in [9.17, 15) is 0 Å². The third-order valence-electron chi connectivity index (χ3n) is 3.13. The fourth-order valence-corrected chi connectivity index (χ4v) is 2.16. The molecule has 0 bridgehead atoms. The van der Waals surface area contributed by atoms with Gasteiger partial charge in [0.2, 0.25) is 5.88 Å². The predicted molar refractivity (Wildman–Crippen MR) is 72.1 cm³/mol. The lowest BCUT2D eigenvalue weighted by Gasteiger charge is -2.22. The van der Waals surface area contributed by atoms with Crippen LogP contribution in [0, 0.1) is 0 Å². The highest BCUT2D eigenvalue weighted by Crippen LogP contribution is 2.16. The Labute approximate surface area is 109 Å². The first kappa shape index (κ1) is 13.1. The lowest BCUT2D eigenvalue weighted by atomic mass is 10.2. The Kier molecular flexibility index (Phi) is 4.75. The van der Waals surface area contributed by atoms with Crippen LogP contribution in [-0.4, -0.2) is 42.8 Å². The first-order chi connectivity index (χ1) is 8.79. The third-order valence-corrected chi connectivity index (χ3v) is 3.13. The summed E-state index contributed by atoms with van der Waals surface area (Å²) in [4.78, 5) is 10.6. The SMILES string of the molecule is CCCOc1cc(N(C)CC2CCCN2)ncn1. The number of hydrogen-bond acceptors (Lipinski definition) is 5. The van der Waals surface area contributed by atoms with Crippen LogP contribution in [0.25, 0.3) is 0 Å². The Hall–Kier alpha value is -1.36. The van der Waals surface area contributed by atoms with Crippen LogP contribution in [0.3, 0.4) is 0 Å². The zero-order valence-electron chi connectivity index (χ0n) is 11.2. The summed E-state index contributed by atoms with van der Waals surface area (Å²) in [7, 11) is 2.06. The van der Waals surface area contributed by atoms with Gasteiger partial charge in [-0.05, 0) is 25.8 Å². The molecule has 0 aromatic carbocycles. The van der Waals surface area contributed by atoms with E-state index in [1.54, 1.807) is 6.33 Å². The van der Waals surface area contributed by atoms with Gasteiger partial charge in [0.15, 0.2) is 0 Å². The second kappa shape index (κ2) is 6.54. The van der Waals surface area contributed by atoms with Crippen molar-refractivity contribution < 1.29 is 4.74 Å². The van der Waals surface area contributed by atoms with Gasteiger partial charge in [-0.3, -0.25) is 0 Å². The van der Waals surface area contributed by atoms with Crippen LogP contribution in [-0.2, 0) is 0 Å². The Morgan fingerprint density at radius 2 is 2.39 bits per heavy atom. The quantitative estimate of drug-likeness (QED) is 0.828. The van der Waals surface area contributed by atoms with Crippen molar-refractivity contribution in [3.63, 3.8) is 0 Å². The van der Waals surface area contributed by atoms with Crippen LogP contribution < -0.4 is 15.0 Å². The van der Waals surface area contributed by atoms with E-state index in [0.29, 0.717) is 18.5 Å². The predicted octanol–water partition coefficient (Wildman–Crippen LogP) is 1.45. The van der Waals surface area contributed by atoms with Gasteiger partial charge in [0, 0.05) is 25.7 Å². The van der Waals surface area contributed by atoms with Crippen LogP contribution in [0.15, 0.2) is 12.4 Å². The number of rotatable bonds is 6. The summed E-state index contributed by atoms with van der Waals surface area (Å²) in [5, 5.41) is 3.49. The van der Waals surface area contributed by atoms with E-state index >= 15 is 0 Å². The molecular formula is C13H22N4O. The largest absolute Gasteiger partial charge is 0.478 e. The van der Waals surface area contributed by atoms with E-state index in [-0.39, 0.29) is 0 Å². The molecule has 1 N–H and O–H groups in total. The van der Waals surface area contributed by atoms with Crippen LogP contribution >= 0.6 is 0 Å². The highest BCUT2D eigenvalue weighted by Gasteiger charge is 2.16. The molecule has 1 aliphatic heterocycles. The summed E-state index contributed by atoms with van der Waals surface area (Å²) >= 11 is 0. The lowest BCUT2D eigenvalue weighted by molar-refractivity contribution is 0.304. The molecule has 1 atom stereocenters. The van der Waals surface area contributed by atoms with Crippen LogP contribution in [0.2, 0.25) is 0 Å². The number of anilines is 1. The Morgan fingerprint density at radius 1 is 1.50 bits per heavy atom. The molecule has 2 rings (SSSR count). The third kappa shape index (κ3) is 3.57. The van der Waals surface area contributed by atoms with Gasteiger partial charge in [0.05, 0.1) is 6.61 Å². The molecule has 0 aliphatic carbocycles. The molecule has 1 unspecified atom stereocenters. The topological polar surface area (TPSA) is 50.3 Å². The molecule has 2 heterocycles. The van der Waals surface area contributed by atoms with Gasteiger partial charge >= 0.3 is 0 Å². The normalized spacial score (nSPS) is 18.9. The molecule has 100 valence electrons. The van der Waals surface area contributed by atoms with E-state index in [2.05, 4.69) is 34.2 Å². The molecular weight excluding hydrogens is 228 g/mol. The fraction of sp³-hybridized carbons (Fsp3) is 0.692. The second-order valence-corrected chi connectivity index (χ2v) is 4.74. The van der Waals surface area contributed by atoms with E-state index in [4.69, 9.17) is 4.74 Å². The number of hydrogen-bond donors (Lipinski definition) is 1. The van der Waals surface area contributed by atoms with Gasteiger partial charge < -0.3 is 15.0 Å². The smallest absolute Gasteiger partial charge is 0.218 e. The van der Waals surface area contributed by atoms with Crippen LogP contribution in [0.5, 0.6) is 5.88 Å². The van der Waals surface area contributed by atoms with Crippen LogP contribution in [0.1, 0.15) is 26.2 Å². The van der Waals surface area contributed by atoms with E-state index in [1.165, 1.54) is 12.8 Å². The number of ether oxygens (including phenoxy) is 1. The van der Waals surface area contributed by atoms with Crippen molar-refractivity contribution in [3.8, 4) is 5.88 Å². The number of likely N-dealkylation sites (N-methyl/N-ethyl adjacent to an activating group) is 1. The maximum atomic E-state index is 5.52. The highest BCUT2D eigenvalue weighted by molar-refractivity contribution is 5.40. The Balaban J connectivity index is 1.93. The van der Waals surface area contributed by atoms with Gasteiger partial charge in [-0.1, -0.05) is 6.92 Å². The highest BCUT2D eigenvalue weighted by atomic mass is 16.5.